The molecule has 0 atom stereocenters. The molecule has 0 spiro atoms. The van der Waals surface area contributed by atoms with Crippen molar-refractivity contribution in [1.29, 1.82) is 0 Å². The zero-order chi connectivity index (χ0) is 17.9. The Labute approximate surface area is 150 Å². The number of ether oxygens (including phenoxy) is 1. The molecule has 0 unspecified atom stereocenters. The van der Waals surface area contributed by atoms with Crippen LogP contribution in [-0.2, 0) is 4.74 Å². The molecule has 1 saturated heterocycles. The average Bonchev–Trinajstić information content (AvgIpc) is 2.69. The van der Waals surface area contributed by atoms with E-state index in [1.807, 2.05) is 30.3 Å². The zero-order valence-corrected chi connectivity index (χ0v) is 14.2. The van der Waals surface area contributed by atoms with Crippen LogP contribution in [0.15, 0.2) is 59.4 Å². The monoisotopic (exact) mass is 349 g/mol. The minimum atomic E-state index is -0.341. The summed E-state index contributed by atoms with van der Waals surface area (Å²) in [5, 5.41) is 3.40. The SMILES string of the molecule is O=C(Nc1ccc(N2CCOCC2)cc1)c1cc(=O)c2ccccc2[nH]1. The summed E-state index contributed by atoms with van der Waals surface area (Å²) in [6.45, 7) is 3.19. The Kier molecular flexibility index (Phi) is 4.41. The van der Waals surface area contributed by atoms with Crippen LogP contribution in [0.4, 0.5) is 11.4 Å². The van der Waals surface area contributed by atoms with Crippen LogP contribution < -0.4 is 15.6 Å². The number of para-hydroxylation sites is 1. The molecule has 2 heterocycles. The summed E-state index contributed by atoms with van der Waals surface area (Å²) in [6.07, 6.45) is 0. The van der Waals surface area contributed by atoms with Gasteiger partial charge in [0.25, 0.3) is 5.91 Å². The van der Waals surface area contributed by atoms with Crippen LogP contribution in [0.1, 0.15) is 10.5 Å². The minimum absolute atomic E-state index is 0.174. The summed E-state index contributed by atoms with van der Waals surface area (Å²) < 4.78 is 5.36. The van der Waals surface area contributed by atoms with E-state index in [1.165, 1.54) is 6.07 Å². The smallest absolute Gasteiger partial charge is 0.272 e. The van der Waals surface area contributed by atoms with E-state index in [0.29, 0.717) is 16.6 Å². The lowest BCUT2D eigenvalue weighted by Crippen LogP contribution is -2.36. The van der Waals surface area contributed by atoms with Gasteiger partial charge in [-0.05, 0) is 36.4 Å². The Bertz CT molecular complexity index is 989. The molecule has 1 aromatic heterocycles. The lowest BCUT2D eigenvalue weighted by Gasteiger charge is -2.28. The highest BCUT2D eigenvalue weighted by molar-refractivity contribution is 6.04. The first kappa shape index (κ1) is 16.4. The number of aromatic nitrogens is 1. The fraction of sp³-hybridized carbons (Fsp3) is 0.200. The van der Waals surface area contributed by atoms with Crippen molar-refractivity contribution in [2.45, 2.75) is 0 Å². The number of benzene rings is 2. The molecule has 0 radical (unpaired) electrons. The fourth-order valence-electron chi connectivity index (χ4n) is 3.09. The molecule has 0 bridgehead atoms. The molecule has 0 saturated carbocycles. The van der Waals surface area contributed by atoms with E-state index in [1.54, 1.807) is 18.2 Å². The van der Waals surface area contributed by atoms with Gasteiger partial charge < -0.3 is 19.9 Å². The fourth-order valence-corrected chi connectivity index (χ4v) is 3.09. The Morgan fingerprint density at radius 2 is 1.77 bits per heavy atom. The third kappa shape index (κ3) is 3.32. The van der Waals surface area contributed by atoms with Crippen molar-refractivity contribution in [2.24, 2.45) is 0 Å². The molecule has 2 aromatic carbocycles. The van der Waals surface area contributed by atoms with Crippen molar-refractivity contribution in [3.8, 4) is 0 Å². The molecule has 26 heavy (non-hydrogen) atoms. The van der Waals surface area contributed by atoms with Gasteiger partial charge in [-0.3, -0.25) is 9.59 Å². The number of aromatic amines is 1. The molecule has 4 rings (SSSR count). The Morgan fingerprint density at radius 1 is 1.04 bits per heavy atom. The quantitative estimate of drug-likeness (QED) is 0.762. The predicted octanol–water partition coefficient (Wildman–Crippen LogP) is 2.62. The van der Waals surface area contributed by atoms with Crippen molar-refractivity contribution in [3.63, 3.8) is 0 Å². The number of pyridine rings is 1. The van der Waals surface area contributed by atoms with E-state index in [4.69, 9.17) is 4.74 Å². The van der Waals surface area contributed by atoms with Crippen LogP contribution >= 0.6 is 0 Å². The van der Waals surface area contributed by atoms with E-state index < -0.39 is 0 Å². The summed E-state index contributed by atoms with van der Waals surface area (Å²) in [5.41, 5.74) is 2.50. The van der Waals surface area contributed by atoms with Gasteiger partial charge >= 0.3 is 0 Å². The highest BCUT2D eigenvalue weighted by Crippen LogP contribution is 2.19. The zero-order valence-electron chi connectivity index (χ0n) is 14.2. The Morgan fingerprint density at radius 3 is 2.54 bits per heavy atom. The van der Waals surface area contributed by atoms with Crippen LogP contribution in [0, 0.1) is 0 Å². The van der Waals surface area contributed by atoms with Crippen molar-refractivity contribution < 1.29 is 9.53 Å². The Hall–Kier alpha value is -3.12. The third-order valence-electron chi connectivity index (χ3n) is 4.48. The number of morpholine rings is 1. The molecule has 1 amide bonds. The van der Waals surface area contributed by atoms with Gasteiger partial charge in [0.1, 0.15) is 5.69 Å². The maximum Gasteiger partial charge on any atom is 0.272 e. The van der Waals surface area contributed by atoms with Crippen LogP contribution in [0.3, 0.4) is 0 Å². The van der Waals surface area contributed by atoms with Gasteiger partial charge in [0, 0.05) is 41.4 Å². The first-order chi connectivity index (χ1) is 12.7. The van der Waals surface area contributed by atoms with Gasteiger partial charge in [0.05, 0.1) is 13.2 Å². The van der Waals surface area contributed by atoms with Crippen molar-refractivity contribution in [2.75, 3.05) is 36.5 Å². The predicted molar refractivity (Wildman–Crippen MR) is 102 cm³/mol. The molecule has 1 aliphatic heterocycles. The minimum Gasteiger partial charge on any atom is -0.378 e. The number of nitrogens with zero attached hydrogens (tertiary/aromatic N) is 1. The number of amides is 1. The standard InChI is InChI=1S/C20H19N3O3/c24-19-13-18(22-17-4-2-1-3-16(17)19)20(25)21-14-5-7-15(8-6-14)23-9-11-26-12-10-23/h1-8,13H,9-12H2,(H,21,25)(H,22,24). The average molecular weight is 349 g/mol. The van der Waals surface area contributed by atoms with Gasteiger partial charge in [-0.15, -0.1) is 0 Å². The lowest BCUT2D eigenvalue weighted by atomic mass is 10.2. The summed E-state index contributed by atoms with van der Waals surface area (Å²) in [6, 6.07) is 16.2. The summed E-state index contributed by atoms with van der Waals surface area (Å²) in [7, 11) is 0. The number of H-pyrrole nitrogens is 1. The maximum atomic E-state index is 12.5. The first-order valence-electron chi connectivity index (χ1n) is 8.57. The third-order valence-corrected chi connectivity index (χ3v) is 4.48. The van der Waals surface area contributed by atoms with Gasteiger partial charge in [-0.25, -0.2) is 0 Å². The first-order valence-corrected chi connectivity index (χ1v) is 8.57. The number of hydrogen-bond acceptors (Lipinski definition) is 4. The second kappa shape index (κ2) is 7.01. The molecule has 6 heteroatoms. The second-order valence-corrected chi connectivity index (χ2v) is 6.19. The summed E-state index contributed by atoms with van der Waals surface area (Å²) >= 11 is 0. The maximum absolute atomic E-state index is 12.5. The molecule has 2 N–H and O–H groups in total. The number of rotatable bonds is 3. The highest BCUT2D eigenvalue weighted by atomic mass is 16.5. The lowest BCUT2D eigenvalue weighted by molar-refractivity contribution is 0.102. The van der Waals surface area contributed by atoms with Crippen LogP contribution in [0.25, 0.3) is 10.9 Å². The van der Waals surface area contributed by atoms with Crippen LogP contribution in [0.5, 0.6) is 0 Å². The van der Waals surface area contributed by atoms with Crippen molar-refractivity contribution in [3.05, 3.63) is 70.5 Å². The van der Waals surface area contributed by atoms with E-state index in [-0.39, 0.29) is 17.0 Å². The van der Waals surface area contributed by atoms with E-state index in [2.05, 4.69) is 15.2 Å². The number of nitrogens with one attached hydrogen (secondary N) is 2. The van der Waals surface area contributed by atoms with Gasteiger partial charge in [0.2, 0.25) is 0 Å². The molecule has 1 fully saturated rings. The number of hydrogen-bond donors (Lipinski definition) is 2. The molecule has 1 aliphatic rings. The molecule has 6 nitrogen and oxygen atoms in total. The molecule has 3 aromatic rings. The number of anilines is 2. The molecular formula is C20H19N3O3. The number of fused-ring (bicyclic) bond motifs is 1. The summed E-state index contributed by atoms with van der Waals surface area (Å²) in [4.78, 5) is 29.9. The second-order valence-electron chi connectivity index (χ2n) is 6.19. The van der Waals surface area contributed by atoms with E-state index in [0.717, 1.165) is 32.0 Å². The van der Waals surface area contributed by atoms with Gasteiger partial charge in [-0.2, -0.15) is 0 Å². The van der Waals surface area contributed by atoms with Gasteiger partial charge in [0.15, 0.2) is 5.43 Å². The van der Waals surface area contributed by atoms with Gasteiger partial charge in [-0.1, -0.05) is 12.1 Å². The number of carbonyl (C=O) groups excluding carboxylic acids is 1. The van der Waals surface area contributed by atoms with Crippen molar-refractivity contribution >= 4 is 28.2 Å². The Balaban J connectivity index is 1.52. The molecular weight excluding hydrogens is 330 g/mol. The van der Waals surface area contributed by atoms with Crippen molar-refractivity contribution in [1.82, 2.24) is 4.98 Å². The molecule has 0 aliphatic carbocycles. The summed E-state index contributed by atoms with van der Waals surface area (Å²) in [5.74, 6) is -0.341. The van der Waals surface area contributed by atoms with Crippen LogP contribution in [0.2, 0.25) is 0 Å². The topological polar surface area (TPSA) is 74.4 Å². The largest absolute Gasteiger partial charge is 0.378 e. The van der Waals surface area contributed by atoms with E-state index >= 15 is 0 Å². The number of carbonyl (C=O) groups is 1. The normalized spacial score (nSPS) is 14.4. The van der Waals surface area contributed by atoms with E-state index in [9.17, 15) is 9.59 Å². The van der Waals surface area contributed by atoms with Crippen LogP contribution in [-0.4, -0.2) is 37.2 Å². The molecule has 132 valence electrons. The highest BCUT2D eigenvalue weighted by Gasteiger charge is 2.12.